The molecule has 3 aromatic heterocycles. The van der Waals surface area contributed by atoms with Crippen molar-refractivity contribution >= 4 is 50.2 Å². The summed E-state index contributed by atoms with van der Waals surface area (Å²) in [4.78, 5) is 20.5. The van der Waals surface area contributed by atoms with Crippen LogP contribution in [0.15, 0.2) is 41.8 Å². The number of nitrogens with zero attached hydrogens (tertiary/aromatic N) is 1. The first-order chi connectivity index (χ1) is 14.7. The van der Waals surface area contributed by atoms with Crippen molar-refractivity contribution < 1.29 is 4.79 Å². The smallest absolute Gasteiger partial charge is 0.267 e. The number of aromatic nitrogens is 1. The topological polar surface area (TPSA) is 68.0 Å². The number of carbonyl (C=O) groups is 1. The molecular weight excluding hydrogens is 410 g/mol. The number of fused-ring (bicyclic) bond motifs is 2. The van der Waals surface area contributed by atoms with E-state index in [9.17, 15) is 4.79 Å². The van der Waals surface area contributed by atoms with Crippen LogP contribution in [0.4, 0.5) is 11.4 Å². The van der Waals surface area contributed by atoms with Crippen LogP contribution < -0.4 is 11.1 Å². The number of aryl methyl sites for hydroxylation is 1. The van der Waals surface area contributed by atoms with Gasteiger partial charge in [0, 0.05) is 32.8 Å². The van der Waals surface area contributed by atoms with Gasteiger partial charge in [-0.2, -0.15) is 0 Å². The number of anilines is 2. The maximum atomic E-state index is 13.1. The second-order valence-corrected chi connectivity index (χ2v) is 9.25. The fourth-order valence-corrected chi connectivity index (χ4v) is 5.87. The lowest BCUT2D eigenvalue weighted by Crippen LogP contribution is -2.12. The average Bonchev–Trinajstić information content (AvgIpc) is 3.41. The number of benzene rings is 1. The average molecular weight is 430 g/mol. The summed E-state index contributed by atoms with van der Waals surface area (Å²) < 4.78 is 0. The third-order valence-electron chi connectivity index (χ3n) is 5.41. The predicted octanol–water partition coefficient (Wildman–Crippen LogP) is 5.72. The van der Waals surface area contributed by atoms with E-state index in [1.165, 1.54) is 21.8 Å². The number of terminal acetylenes is 1. The van der Waals surface area contributed by atoms with E-state index in [4.69, 9.17) is 17.1 Å². The molecule has 4 nitrogen and oxygen atoms in total. The van der Waals surface area contributed by atoms with E-state index in [2.05, 4.69) is 28.8 Å². The van der Waals surface area contributed by atoms with Gasteiger partial charge in [0.15, 0.2) is 0 Å². The summed E-state index contributed by atoms with van der Waals surface area (Å²) in [6, 6.07) is 11.4. The molecule has 0 aliphatic heterocycles. The lowest BCUT2D eigenvalue weighted by molar-refractivity contribution is 0.103. The van der Waals surface area contributed by atoms with E-state index in [1.807, 2.05) is 18.2 Å². The molecule has 1 amide bonds. The Morgan fingerprint density at radius 2 is 2.07 bits per heavy atom. The van der Waals surface area contributed by atoms with Crippen molar-refractivity contribution in [1.82, 2.24) is 4.98 Å². The summed E-state index contributed by atoms with van der Waals surface area (Å²) in [5.74, 6) is 2.35. The van der Waals surface area contributed by atoms with E-state index < -0.39 is 0 Å². The zero-order valence-corrected chi connectivity index (χ0v) is 17.8. The summed E-state index contributed by atoms with van der Waals surface area (Å²) in [5, 5.41) is 5.91. The Morgan fingerprint density at radius 1 is 1.20 bits per heavy atom. The van der Waals surface area contributed by atoms with Crippen LogP contribution in [0.2, 0.25) is 0 Å². The van der Waals surface area contributed by atoms with Gasteiger partial charge in [-0.25, -0.2) is 4.98 Å². The molecule has 0 saturated heterocycles. The molecular formula is C24H19N3OS2. The summed E-state index contributed by atoms with van der Waals surface area (Å²) in [5.41, 5.74) is 12.0. The van der Waals surface area contributed by atoms with E-state index in [-0.39, 0.29) is 5.91 Å². The normalized spacial score (nSPS) is 13.0. The largest absolute Gasteiger partial charge is 0.397 e. The number of rotatable bonds is 3. The molecule has 0 spiro atoms. The third kappa shape index (κ3) is 3.17. The van der Waals surface area contributed by atoms with Gasteiger partial charge in [-0.05, 0) is 60.9 Å². The number of nitrogens with two attached hydrogens (primary N) is 1. The van der Waals surface area contributed by atoms with E-state index in [0.717, 1.165) is 47.2 Å². The molecule has 1 aliphatic carbocycles. The number of carbonyl (C=O) groups excluding carboxylic acids is 1. The summed E-state index contributed by atoms with van der Waals surface area (Å²) >= 11 is 3.06. The van der Waals surface area contributed by atoms with E-state index >= 15 is 0 Å². The standard InChI is InChI=1S/C24H19N3OS2/c1-2-14-7-5-8-15(13-14)26-23(28)22-21(25)20-19(18-11-6-12-29-18)16-9-3-4-10-17(16)27-24(20)30-22/h1,5-8,11-13H,3-4,9-10,25H2,(H,26,28). The fourth-order valence-electron chi connectivity index (χ4n) is 4.04. The Hall–Kier alpha value is -3.14. The van der Waals surface area contributed by atoms with Crippen LogP contribution in [0.5, 0.6) is 0 Å². The van der Waals surface area contributed by atoms with Crippen LogP contribution in [0.3, 0.4) is 0 Å². The number of nitrogens with one attached hydrogen (secondary N) is 1. The molecule has 5 rings (SSSR count). The first-order valence-electron chi connectivity index (χ1n) is 9.81. The highest BCUT2D eigenvalue weighted by Gasteiger charge is 2.26. The zero-order valence-electron chi connectivity index (χ0n) is 16.2. The summed E-state index contributed by atoms with van der Waals surface area (Å²) in [6.45, 7) is 0. The van der Waals surface area contributed by atoms with Crippen LogP contribution in [0.25, 0.3) is 20.7 Å². The zero-order chi connectivity index (χ0) is 20.7. The first kappa shape index (κ1) is 18.9. The Labute approximate surface area is 182 Å². The highest BCUT2D eigenvalue weighted by molar-refractivity contribution is 7.21. The maximum Gasteiger partial charge on any atom is 0.267 e. The molecule has 0 radical (unpaired) electrons. The number of hydrogen-bond donors (Lipinski definition) is 2. The Bertz CT molecular complexity index is 1310. The van der Waals surface area contributed by atoms with Crippen molar-refractivity contribution in [3.8, 4) is 22.8 Å². The van der Waals surface area contributed by atoms with E-state index in [1.54, 1.807) is 17.4 Å². The third-order valence-corrected chi connectivity index (χ3v) is 7.40. The monoisotopic (exact) mass is 429 g/mol. The lowest BCUT2D eigenvalue weighted by atomic mass is 9.90. The van der Waals surface area contributed by atoms with Crippen LogP contribution in [-0.4, -0.2) is 10.9 Å². The summed E-state index contributed by atoms with van der Waals surface area (Å²) in [6.07, 6.45) is 9.75. The lowest BCUT2D eigenvalue weighted by Gasteiger charge is -2.19. The molecule has 0 atom stereocenters. The van der Waals surface area contributed by atoms with Crippen molar-refractivity contribution in [3.63, 3.8) is 0 Å². The van der Waals surface area contributed by atoms with Gasteiger partial charge in [-0.15, -0.1) is 29.1 Å². The molecule has 3 heterocycles. The number of hydrogen-bond acceptors (Lipinski definition) is 5. The Kier molecular flexibility index (Phi) is 4.78. The van der Waals surface area contributed by atoms with Crippen molar-refractivity contribution in [2.24, 2.45) is 0 Å². The van der Waals surface area contributed by atoms with Crippen molar-refractivity contribution in [2.45, 2.75) is 25.7 Å². The second kappa shape index (κ2) is 7.60. The molecule has 0 bridgehead atoms. The molecule has 0 fully saturated rings. The van der Waals surface area contributed by atoms with Gasteiger partial charge in [0.05, 0.1) is 5.69 Å². The molecule has 30 heavy (non-hydrogen) atoms. The molecule has 1 aliphatic rings. The molecule has 0 unspecified atom stereocenters. The number of pyridine rings is 1. The van der Waals surface area contributed by atoms with Crippen molar-refractivity contribution in [3.05, 3.63) is 63.5 Å². The van der Waals surface area contributed by atoms with Crippen molar-refractivity contribution in [2.75, 3.05) is 11.1 Å². The maximum absolute atomic E-state index is 13.1. The number of amides is 1. The van der Waals surface area contributed by atoms with Crippen molar-refractivity contribution in [1.29, 1.82) is 0 Å². The predicted molar refractivity (Wildman–Crippen MR) is 126 cm³/mol. The van der Waals surface area contributed by atoms with Gasteiger partial charge in [0.2, 0.25) is 0 Å². The quantitative estimate of drug-likeness (QED) is 0.409. The van der Waals surface area contributed by atoms with Gasteiger partial charge in [-0.1, -0.05) is 18.1 Å². The molecule has 0 saturated carbocycles. The van der Waals surface area contributed by atoms with Gasteiger partial charge in [0.1, 0.15) is 9.71 Å². The van der Waals surface area contributed by atoms with Gasteiger partial charge < -0.3 is 11.1 Å². The molecule has 6 heteroatoms. The minimum absolute atomic E-state index is 0.236. The second-order valence-electron chi connectivity index (χ2n) is 7.30. The first-order valence-corrected chi connectivity index (χ1v) is 11.5. The summed E-state index contributed by atoms with van der Waals surface area (Å²) in [7, 11) is 0. The minimum Gasteiger partial charge on any atom is -0.397 e. The molecule has 148 valence electrons. The highest BCUT2D eigenvalue weighted by Crippen LogP contribution is 2.45. The Balaban J connectivity index is 1.64. The SMILES string of the molecule is C#Cc1cccc(NC(=O)c2sc3nc4c(c(-c5cccs5)c3c2N)CCCC4)c1. The molecule has 1 aromatic carbocycles. The van der Waals surface area contributed by atoms with Gasteiger partial charge >= 0.3 is 0 Å². The van der Waals surface area contributed by atoms with Crippen LogP contribution >= 0.6 is 22.7 Å². The highest BCUT2D eigenvalue weighted by atomic mass is 32.1. The number of thiophene rings is 2. The van der Waals surface area contributed by atoms with Gasteiger partial charge in [0.25, 0.3) is 5.91 Å². The molecule has 3 N–H and O–H groups in total. The van der Waals surface area contributed by atoms with Gasteiger partial charge in [-0.3, -0.25) is 4.79 Å². The van der Waals surface area contributed by atoms with E-state index in [0.29, 0.717) is 21.8 Å². The number of nitrogen functional groups attached to an aromatic ring is 1. The minimum atomic E-state index is -0.236. The van der Waals surface area contributed by atoms with Crippen LogP contribution in [0.1, 0.15) is 39.3 Å². The van der Waals surface area contributed by atoms with Crippen LogP contribution in [0, 0.1) is 12.3 Å². The van der Waals surface area contributed by atoms with Crippen LogP contribution in [-0.2, 0) is 12.8 Å². The molecule has 4 aromatic rings. The Morgan fingerprint density at radius 3 is 2.87 bits per heavy atom. The fraction of sp³-hybridized carbons (Fsp3) is 0.167.